The first-order valence-electron chi connectivity index (χ1n) is 6.03. The molecule has 0 rings (SSSR count). The highest BCUT2D eigenvalue weighted by Gasteiger charge is 2.60. The predicted molar refractivity (Wildman–Crippen MR) is 57.4 cm³/mol. The van der Waals surface area contributed by atoms with Crippen molar-refractivity contribution in [3.63, 3.8) is 0 Å². The number of halogens is 9. The molecule has 0 saturated heterocycles. The Morgan fingerprint density at radius 3 is 1.62 bits per heavy atom. The summed E-state index contributed by atoms with van der Waals surface area (Å²) in [5.74, 6) is -4.34. The van der Waals surface area contributed by atoms with Crippen LogP contribution in [0, 0.1) is 5.41 Å². The molecule has 0 amide bonds. The first-order valence-corrected chi connectivity index (χ1v) is 6.03. The molecule has 0 radical (unpaired) electrons. The highest BCUT2D eigenvalue weighted by atomic mass is 19.4. The van der Waals surface area contributed by atoms with E-state index in [0.717, 1.165) is 6.92 Å². The lowest BCUT2D eigenvalue weighted by atomic mass is 9.87. The van der Waals surface area contributed by atoms with Crippen LogP contribution in [0.2, 0.25) is 0 Å². The number of esters is 2. The number of ether oxygens (including phenoxy) is 2. The van der Waals surface area contributed by atoms with Crippen molar-refractivity contribution in [1.82, 2.24) is 0 Å². The van der Waals surface area contributed by atoms with Crippen LogP contribution in [-0.4, -0.2) is 43.2 Å². The van der Waals surface area contributed by atoms with Crippen LogP contribution in [0.1, 0.15) is 20.3 Å². The van der Waals surface area contributed by atoms with Gasteiger partial charge in [0.05, 0.1) is 0 Å². The van der Waals surface area contributed by atoms with E-state index in [2.05, 4.69) is 9.47 Å². The fourth-order valence-corrected chi connectivity index (χ4v) is 1.23. The molecule has 0 saturated carbocycles. The summed E-state index contributed by atoms with van der Waals surface area (Å²) >= 11 is 0. The summed E-state index contributed by atoms with van der Waals surface area (Å²) < 4.78 is 118. The van der Waals surface area contributed by atoms with E-state index < -0.39 is 55.0 Å². The van der Waals surface area contributed by atoms with Crippen molar-refractivity contribution < 1.29 is 58.6 Å². The Kier molecular flexibility index (Phi) is 6.55. The average Bonchev–Trinajstić information content (AvgIpc) is 2.37. The molecule has 4 nitrogen and oxygen atoms in total. The zero-order valence-electron chi connectivity index (χ0n) is 12.0. The van der Waals surface area contributed by atoms with Crippen LogP contribution in [0.25, 0.3) is 0 Å². The van der Waals surface area contributed by atoms with E-state index in [1.807, 2.05) is 0 Å². The molecule has 0 aromatic heterocycles. The molecule has 0 heterocycles. The number of alkyl halides is 9. The highest BCUT2D eigenvalue weighted by Crippen LogP contribution is 2.41. The van der Waals surface area contributed by atoms with Crippen molar-refractivity contribution in [2.45, 2.75) is 44.9 Å². The van der Waals surface area contributed by atoms with Gasteiger partial charge in [-0.3, -0.25) is 4.79 Å². The monoisotopic (exact) mass is 378 g/mol. The number of carbonyl (C=O) groups is 2. The van der Waals surface area contributed by atoms with Crippen LogP contribution in [-0.2, 0) is 19.1 Å². The third kappa shape index (κ3) is 5.44. The largest absolute Gasteiger partial charge is 0.453 e. The summed E-state index contributed by atoms with van der Waals surface area (Å²) in [7, 11) is 0. The van der Waals surface area contributed by atoms with Crippen LogP contribution >= 0.6 is 0 Å². The van der Waals surface area contributed by atoms with Crippen LogP contribution in [0.15, 0.2) is 0 Å². The van der Waals surface area contributed by atoms with E-state index in [9.17, 15) is 49.1 Å². The van der Waals surface area contributed by atoms with Gasteiger partial charge in [-0.1, -0.05) is 6.92 Å². The number of carbonyl (C=O) groups excluding carboxylic acids is 2. The fourth-order valence-electron chi connectivity index (χ4n) is 1.23. The Hall–Kier alpha value is -1.69. The molecule has 0 aliphatic rings. The van der Waals surface area contributed by atoms with Gasteiger partial charge in [0.15, 0.2) is 12.0 Å². The van der Waals surface area contributed by atoms with Crippen LogP contribution in [0.4, 0.5) is 39.5 Å². The van der Waals surface area contributed by atoms with Crippen molar-refractivity contribution in [3.8, 4) is 0 Å². The molecular weight excluding hydrogens is 367 g/mol. The third-order valence-electron chi connectivity index (χ3n) is 2.95. The van der Waals surface area contributed by atoms with Gasteiger partial charge >= 0.3 is 30.5 Å². The first-order chi connectivity index (χ1) is 10.5. The number of hydrogen-bond acceptors (Lipinski definition) is 4. The van der Waals surface area contributed by atoms with Gasteiger partial charge in [0.1, 0.15) is 0 Å². The van der Waals surface area contributed by atoms with Crippen molar-refractivity contribution in [3.05, 3.63) is 0 Å². The molecule has 0 fully saturated rings. The Bertz CT molecular complexity index is 452. The second-order valence-electron chi connectivity index (χ2n) is 4.71. The minimum absolute atomic E-state index is 0.398. The lowest BCUT2D eigenvalue weighted by Gasteiger charge is -2.28. The third-order valence-corrected chi connectivity index (χ3v) is 2.95. The van der Waals surface area contributed by atoms with Gasteiger partial charge in [-0.15, -0.1) is 0 Å². The summed E-state index contributed by atoms with van der Waals surface area (Å²) in [6, 6.07) is 0. The maximum atomic E-state index is 12.7. The van der Waals surface area contributed by atoms with Crippen LogP contribution in [0.5, 0.6) is 0 Å². The van der Waals surface area contributed by atoms with Gasteiger partial charge in [-0.05, 0) is 13.3 Å². The summed E-state index contributed by atoms with van der Waals surface area (Å²) in [5, 5.41) is 0. The Labute approximate surface area is 128 Å². The Morgan fingerprint density at radius 2 is 1.33 bits per heavy atom. The summed E-state index contributed by atoms with van der Waals surface area (Å²) in [6.07, 6.45) is -22.4. The molecule has 24 heavy (non-hydrogen) atoms. The maximum absolute atomic E-state index is 12.7. The number of rotatable bonds is 5. The number of hydrogen-bond donors (Lipinski definition) is 0. The van der Waals surface area contributed by atoms with Gasteiger partial charge in [-0.2, -0.15) is 39.5 Å². The predicted octanol–water partition coefficient (Wildman–Crippen LogP) is 3.54. The molecule has 1 unspecified atom stereocenters. The highest BCUT2D eigenvalue weighted by molar-refractivity contribution is 5.80. The Balaban J connectivity index is 4.95. The van der Waals surface area contributed by atoms with Crippen molar-refractivity contribution >= 4 is 11.9 Å². The summed E-state index contributed by atoms with van der Waals surface area (Å²) in [6.45, 7) is -0.502. The van der Waals surface area contributed by atoms with E-state index in [4.69, 9.17) is 0 Å². The normalized spacial score (nSPS) is 15.8. The first kappa shape index (κ1) is 22.3. The summed E-state index contributed by atoms with van der Waals surface area (Å²) in [5.41, 5.74) is -3.08. The molecule has 142 valence electrons. The van der Waals surface area contributed by atoms with Crippen molar-refractivity contribution in [1.29, 1.82) is 0 Å². The van der Waals surface area contributed by atoms with E-state index in [0.29, 0.717) is 6.92 Å². The van der Waals surface area contributed by atoms with Gasteiger partial charge in [0, 0.05) is 0 Å². The van der Waals surface area contributed by atoms with E-state index >= 15 is 0 Å². The van der Waals surface area contributed by atoms with Crippen molar-refractivity contribution in [2.24, 2.45) is 5.41 Å². The molecule has 0 aromatic rings. The molecule has 1 atom stereocenters. The topological polar surface area (TPSA) is 52.6 Å². The average molecular weight is 378 g/mol. The van der Waals surface area contributed by atoms with Crippen molar-refractivity contribution in [2.75, 3.05) is 6.61 Å². The fraction of sp³-hybridized carbons (Fsp3) is 0.818. The quantitative estimate of drug-likeness (QED) is 0.543. The van der Waals surface area contributed by atoms with Gasteiger partial charge < -0.3 is 9.47 Å². The minimum atomic E-state index is -6.00. The zero-order chi connectivity index (χ0) is 19.6. The lowest BCUT2D eigenvalue weighted by molar-refractivity contribution is -0.314. The summed E-state index contributed by atoms with van der Waals surface area (Å²) in [4.78, 5) is 22.3. The van der Waals surface area contributed by atoms with E-state index in [1.54, 1.807) is 0 Å². The zero-order valence-corrected chi connectivity index (χ0v) is 12.0. The maximum Gasteiger partial charge on any atom is 0.434 e. The standard InChI is InChI=1S/C11H11F9O4/c1-3-8(2,11(18,19)20)7(22)23-4-5(21)24-6(9(12,13)14)10(15,16)17/h6H,3-4H2,1-2H3. The SMILES string of the molecule is CCC(C)(C(=O)OCC(=O)OC(C(F)(F)F)C(F)(F)F)C(F)(F)F. The molecule has 13 heteroatoms. The molecule has 0 aliphatic carbocycles. The second-order valence-corrected chi connectivity index (χ2v) is 4.71. The van der Waals surface area contributed by atoms with Gasteiger partial charge in [-0.25, -0.2) is 4.79 Å². The van der Waals surface area contributed by atoms with Crippen LogP contribution in [0.3, 0.4) is 0 Å². The van der Waals surface area contributed by atoms with E-state index in [-0.39, 0.29) is 0 Å². The Morgan fingerprint density at radius 1 is 0.917 bits per heavy atom. The molecule has 0 aliphatic heterocycles. The minimum Gasteiger partial charge on any atom is -0.453 e. The van der Waals surface area contributed by atoms with E-state index in [1.165, 1.54) is 0 Å². The molecule has 0 N–H and O–H groups in total. The van der Waals surface area contributed by atoms with Gasteiger partial charge in [0.25, 0.3) is 6.10 Å². The molecule has 0 aromatic carbocycles. The molecule has 0 spiro atoms. The molecular formula is C11H11F9O4. The second kappa shape index (κ2) is 7.05. The lowest BCUT2D eigenvalue weighted by Crippen LogP contribution is -2.47. The van der Waals surface area contributed by atoms with Crippen LogP contribution < -0.4 is 0 Å². The van der Waals surface area contributed by atoms with Gasteiger partial charge in [0.2, 0.25) is 0 Å². The smallest absolute Gasteiger partial charge is 0.434 e. The molecule has 0 bridgehead atoms.